The van der Waals surface area contributed by atoms with Crippen LogP contribution in [-0.2, 0) is 4.79 Å². The number of benzene rings is 2. The van der Waals surface area contributed by atoms with Gasteiger partial charge in [0.15, 0.2) is 0 Å². The summed E-state index contributed by atoms with van der Waals surface area (Å²) in [6.45, 7) is 0.537. The van der Waals surface area contributed by atoms with Crippen LogP contribution in [0, 0.1) is 0 Å². The average Bonchev–Trinajstić information content (AvgIpc) is 2.61. The number of halogens is 1. The van der Waals surface area contributed by atoms with Gasteiger partial charge in [0.05, 0.1) is 25.1 Å². The van der Waals surface area contributed by atoms with E-state index in [0.29, 0.717) is 23.6 Å². The van der Waals surface area contributed by atoms with E-state index in [1.807, 2.05) is 24.3 Å². The molecule has 2 aromatic carbocycles. The zero-order valence-electron chi connectivity index (χ0n) is 14.1. The van der Waals surface area contributed by atoms with Crippen molar-refractivity contribution in [2.24, 2.45) is 5.73 Å². The zero-order valence-corrected chi connectivity index (χ0v) is 14.8. The molecule has 2 atom stereocenters. The summed E-state index contributed by atoms with van der Waals surface area (Å²) in [5.74, 6) is 0.576. The SMILES string of the molecule is NC(=O)N[C@@H](CC(=O)N[C@@H]1CCOc2ccccc21)c1ccccc1Cl. The second-order valence-electron chi connectivity index (χ2n) is 6.08. The Balaban J connectivity index is 1.73. The van der Waals surface area contributed by atoms with Crippen molar-refractivity contribution >= 4 is 23.5 Å². The molecule has 0 fully saturated rings. The van der Waals surface area contributed by atoms with Crippen LogP contribution >= 0.6 is 11.6 Å². The highest BCUT2D eigenvalue weighted by Gasteiger charge is 2.25. The molecule has 0 aliphatic carbocycles. The van der Waals surface area contributed by atoms with Crippen LogP contribution in [0.1, 0.15) is 36.1 Å². The third-order valence-electron chi connectivity index (χ3n) is 4.28. The van der Waals surface area contributed by atoms with Gasteiger partial charge in [-0.1, -0.05) is 48.0 Å². The predicted molar refractivity (Wildman–Crippen MR) is 99.0 cm³/mol. The third-order valence-corrected chi connectivity index (χ3v) is 4.62. The van der Waals surface area contributed by atoms with Gasteiger partial charge >= 0.3 is 6.03 Å². The summed E-state index contributed by atoms with van der Waals surface area (Å²) in [4.78, 5) is 24.0. The van der Waals surface area contributed by atoms with E-state index in [0.717, 1.165) is 11.3 Å². The Bertz CT molecular complexity index is 812. The number of urea groups is 1. The van der Waals surface area contributed by atoms with Crippen LogP contribution in [0.4, 0.5) is 4.79 Å². The molecule has 4 N–H and O–H groups in total. The Morgan fingerprint density at radius 1 is 1.19 bits per heavy atom. The van der Waals surface area contributed by atoms with Gasteiger partial charge in [-0.05, 0) is 17.7 Å². The molecule has 0 bridgehead atoms. The molecule has 0 saturated carbocycles. The Hall–Kier alpha value is -2.73. The Labute approximate surface area is 156 Å². The minimum Gasteiger partial charge on any atom is -0.493 e. The van der Waals surface area contributed by atoms with Gasteiger partial charge in [0.25, 0.3) is 0 Å². The lowest BCUT2D eigenvalue weighted by Gasteiger charge is -2.27. The van der Waals surface area contributed by atoms with E-state index >= 15 is 0 Å². The van der Waals surface area contributed by atoms with Crippen molar-refractivity contribution in [3.63, 3.8) is 0 Å². The normalized spacial score (nSPS) is 16.7. The average molecular weight is 374 g/mol. The lowest BCUT2D eigenvalue weighted by Crippen LogP contribution is -2.38. The van der Waals surface area contributed by atoms with Crippen LogP contribution in [-0.4, -0.2) is 18.5 Å². The highest BCUT2D eigenvalue weighted by molar-refractivity contribution is 6.31. The molecule has 1 aliphatic rings. The number of amides is 3. The first-order valence-electron chi connectivity index (χ1n) is 8.36. The number of hydrogen-bond acceptors (Lipinski definition) is 3. The monoisotopic (exact) mass is 373 g/mol. The van der Waals surface area contributed by atoms with Gasteiger partial charge in [-0.25, -0.2) is 4.79 Å². The molecule has 0 saturated heterocycles. The van der Waals surface area contributed by atoms with Crippen LogP contribution in [0.25, 0.3) is 0 Å². The second-order valence-corrected chi connectivity index (χ2v) is 6.49. The molecule has 3 rings (SSSR count). The number of nitrogens with one attached hydrogen (secondary N) is 2. The summed E-state index contributed by atoms with van der Waals surface area (Å²) < 4.78 is 5.61. The van der Waals surface area contributed by atoms with E-state index in [9.17, 15) is 9.59 Å². The topological polar surface area (TPSA) is 93.5 Å². The van der Waals surface area contributed by atoms with Crippen LogP contribution in [0.5, 0.6) is 5.75 Å². The van der Waals surface area contributed by atoms with Gasteiger partial charge in [0.2, 0.25) is 5.91 Å². The van der Waals surface area contributed by atoms with Crippen molar-refractivity contribution in [1.82, 2.24) is 10.6 Å². The lowest BCUT2D eigenvalue weighted by atomic mass is 9.99. The Kier molecular flexibility index (Phi) is 5.63. The van der Waals surface area contributed by atoms with Crippen molar-refractivity contribution in [1.29, 1.82) is 0 Å². The summed E-state index contributed by atoms with van der Waals surface area (Å²) in [5, 5.41) is 6.08. The minimum atomic E-state index is -0.709. The highest BCUT2D eigenvalue weighted by Crippen LogP contribution is 2.32. The second kappa shape index (κ2) is 8.10. The molecule has 0 unspecified atom stereocenters. The summed E-state index contributed by atoms with van der Waals surface area (Å²) >= 11 is 6.20. The lowest BCUT2D eigenvalue weighted by molar-refractivity contribution is -0.122. The maximum atomic E-state index is 12.6. The number of ether oxygens (including phenoxy) is 1. The number of carbonyl (C=O) groups is 2. The molecular formula is C19H20ClN3O3. The standard InChI is InChI=1S/C19H20ClN3O3/c20-14-7-3-1-5-12(14)16(23-19(21)25)11-18(24)22-15-9-10-26-17-8-4-2-6-13(15)17/h1-8,15-16H,9-11H2,(H,22,24)(H3,21,23,25)/t15-,16+/m1/s1. The van der Waals surface area contributed by atoms with Crippen LogP contribution in [0.3, 0.4) is 0 Å². The fraction of sp³-hybridized carbons (Fsp3) is 0.263. The maximum absolute atomic E-state index is 12.6. The zero-order chi connectivity index (χ0) is 18.5. The molecule has 26 heavy (non-hydrogen) atoms. The van der Waals surface area contributed by atoms with Gasteiger partial charge in [0, 0.05) is 17.0 Å². The van der Waals surface area contributed by atoms with Gasteiger partial charge in [-0.3, -0.25) is 4.79 Å². The molecule has 1 aliphatic heterocycles. The number of carbonyl (C=O) groups excluding carboxylic acids is 2. The number of primary amides is 1. The first-order valence-corrected chi connectivity index (χ1v) is 8.74. The molecule has 7 heteroatoms. The third kappa shape index (κ3) is 4.26. The van der Waals surface area contributed by atoms with E-state index in [-0.39, 0.29) is 18.4 Å². The van der Waals surface area contributed by atoms with Gasteiger partial charge in [0.1, 0.15) is 5.75 Å². The quantitative estimate of drug-likeness (QED) is 0.751. The fourth-order valence-corrected chi connectivity index (χ4v) is 3.37. The van der Waals surface area contributed by atoms with Gasteiger partial charge in [-0.15, -0.1) is 0 Å². The summed E-state index contributed by atoms with van der Waals surface area (Å²) in [7, 11) is 0. The summed E-state index contributed by atoms with van der Waals surface area (Å²) in [5.41, 5.74) is 6.86. The molecule has 6 nitrogen and oxygen atoms in total. The number of hydrogen-bond donors (Lipinski definition) is 3. The van der Waals surface area contributed by atoms with E-state index < -0.39 is 12.1 Å². The molecular weight excluding hydrogens is 354 g/mol. The van der Waals surface area contributed by atoms with Crippen LogP contribution < -0.4 is 21.1 Å². The largest absolute Gasteiger partial charge is 0.493 e. The predicted octanol–water partition coefficient (Wildman–Crippen LogP) is 3.08. The van der Waals surface area contributed by atoms with Gasteiger partial charge < -0.3 is 21.1 Å². The fourth-order valence-electron chi connectivity index (χ4n) is 3.10. The number of nitrogens with two attached hydrogens (primary N) is 1. The van der Waals surface area contributed by atoms with Crippen molar-refractivity contribution in [2.75, 3.05) is 6.61 Å². The van der Waals surface area contributed by atoms with Gasteiger partial charge in [-0.2, -0.15) is 0 Å². The molecule has 1 heterocycles. The van der Waals surface area contributed by atoms with E-state index in [4.69, 9.17) is 22.1 Å². The summed E-state index contributed by atoms with van der Waals surface area (Å²) in [6, 6.07) is 13.2. The van der Waals surface area contributed by atoms with Crippen molar-refractivity contribution < 1.29 is 14.3 Å². The van der Waals surface area contributed by atoms with Crippen LogP contribution in [0.2, 0.25) is 5.02 Å². The maximum Gasteiger partial charge on any atom is 0.312 e. The van der Waals surface area contributed by atoms with E-state index in [1.165, 1.54) is 0 Å². The molecule has 3 amide bonds. The first-order chi connectivity index (χ1) is 12.5. The Morgan fingerprint density at radius 3 is 2.69 bits per heavy atom. The summed E-state index contributed by atoms with van der Waals surface area (Å²) in [6.07, 6.45) is 0.717. The smallest absolute Gasteiger partial charge is 0.312 e. The molecule has 0 aromatic heterocycles. The number of para-hydroxylation sites is 1. The minimum absolute atomic E-state index is 0.0339. The van der Waals surface area contributed by atoms with Crippen molar-refractivity contribution in [3.05, 3.63) is 64.7 Å². The van der Waals surface area contributed by atoms with Crippen molar-refractivity contribution in [3.8, 4) is 5.75 Å². The van der Waals surface area contributed by atoms with Crippen molar-refractivity contribution in [2.45, 2.75) is 24.9 Å². The van der Waals surface area contributed by atoms with E-state index in [1.54, 1.807) is 24.3 Å². The molecule has 2 aromatic rings. The number of fused-ring (bicyclic) bond motifs is 1. The molecule has 0 radical (unpaired) electrons. The highest BCUT2D eigenvalue weighted by atomic mass is 35.5. The van der Waals surface area contributed by atoms with E-state index in [2.05, 4.69) is 10.6 Å². The molecule has 136 valence electrons. The molecule has 0 spiro atoms. The Morgan fingerprint density at radius 2 is 1.92 bits per heavy atom. The number of rotatable bonds is 5. The van der Waals surface area contributed by atoms with Crippen LogP contribution in [0.15, 0.2) is 48.5 Å². The first kappa shape index (κ1) is 18.1.